The van der Waals surface area contributed by atoms with E-state index in [1.54, 1.807) is 13.8 Å². The first-order valence-electron chi connectivity index (χ1n) is 5.60. The minimum Gasteiger partial charge on any atom is -0.350 e. The van der Waals surface area contributed by atoms with Gasteiger partial charge in [0.1, 0.15) is 5.54 Å². The molecule has 0 bridgehead atoms. The van der Waals surface area contributed by atoms with Gasteiger partial charge in [0.2, 0.25) is 5.91 Å². The maximum absolute atomic E-state index is 12.1. The van der Waals surface area contributed by atoms with Gasteiger partial charge < -0.3 is 10.5 Å². The largest absolute Gasteiger partial charge is 0.350 e. The van der Waals surface area contributed by atoms with E-state index in [-0.39, 0.29) is 11.4 Å². The lowest BCUT2D eigenvalue weighted by Gasteiger charge is -2.42. The molecule has 0 saturated heterocycles. The summed E-state index contributed by atoms with van der Waals surface area (Å²) in [6.45, 7) is 14.7. The van der Waals surface area contributed by atoms with Crippen LogP contribution in [0.2, 0.25) is 0 Å². The predicted octanol–water partition coefficient (Wildman–Crippen LogP) is 2.17. The molecular weight excluding hydrogens is 204 g/mol. The third-order valence-electron chi connectivity index (χ3n) is 2.21. The van der Waals surface area contributed by atoms with Gasteiger partial charge in [0.25, 0.3) is 0 Å². The molecule has 0 rings (SSSR count). The summed E-state index contributed by atoms with van der Waals surface area (Å²) < 4.78 is 0. The van der Waals surface area contributed by atoms with Gasteiger partial charge in [-0.3, -0.25) is 4.79 Å². The number of hydrogen-bond acceptors (Lipinski definition) is 3. The Morgan fingerprint density at radius 2 is 1.38 bits per heavy atom. The number of carbonyl (C=O) groups is 1. The topological polar surface area (TPSA) is 52.6 Å². The molecule has 0 aromatic carbocycles. The highest BCUT2D eigenvalue weighted by Gasteiger charge is 2.41. The zero-order chi connectivity index (χ0) is 13.4. The molecule has 0 aliphatic heterocycles. The quantitative estimate of drug-likeness (QED) is 0.715. The fraction of sp³-hybridized carbons (Fsp3) is 0.917. The van der Waals surface area contributed by atoms with Crippen molar-refractivity contribution in [2.24, 2.45) is 0 Å². The van der Waals surface area contributed by atoms with E-state index in [2.05, 4.69) is 5.32 Å². The average molecular weight is 230 g/mol. The molecular formula is C12H26N2O2. The minimum absolute atomic E-state index is 0.183. The van der Waals surface area contributed by atoms with Gasteiger partial charge in [-0.1, -0.05) is 0 Å². The van der Waals surface area contributed by atoms with Crippen molar-refractivity contribution in [2.45, 2.75) is 72.0 Å². The average Bonchev–Trinajstić information content (AvgIpc) is 1.97. The highest BCUT2D eigenvalue weighted by atomic mass is 16.5. The van der Waals surface area contributed by atoms with Crippen LogP contribution in [0.4, 0.5) is 0 Å². The molecule has 0 heterocycles. The van der Waals surface area contributed by atoms with Crippen molar-refractivity contribution < 1.29 is 10.0 Å². The van der Waals surface area contributed by atoms with E-state index in [0.29, 0.717) is 0 Å². The van der Waals surface area contributed by atoms with E-state index in [9.17, 15) is 10.0 Å². The summed E-state index contributed by atoms with van der Waals surface area (Å²) >= 11 is 0. The van der Waals surface area contributed by atoms with Gasteiger partial charge in [-0.05, 0) is 55.4 Å². The number of nitrogens with zero attached hydrogens (tertiary/aromatic N) is 1. The summed E-state index contributed by atoms with van der Waals surface area (Å²) in [4.78, 5) is 12.1. The number of hydroxylamine groups is 2. The molecule has 4 nitrogen and oxygen atoms in total. The SMILES string of the molecule is CC(C)(C)NC(=O)C(C)(C)N(O)C(C)(C)C. The Morgan fingerprint density at radius 3 is 1.62 bits per heavy atom. The third kappa shape index (κ3) is 4.10. The van der Waals surface area contributed by atoms with Gasteiger partial charge in [-0.25, -0.2) is 0 Å². The lowest BCUT2D eigenvalue weighted by Crippen LogP contribution is -2.62. The number of nitrogens with one attached hydrogen (secondary N) is 1. The molecule has 96 valence electrons. The summed E-state index contributed by atoms with van der Waals surface area (Å²) in [7, 11) is 0. The molecule has 4 heteroatoms. The molecule has 2 N–H and O–H groups in total. The molecule has 16 heavy (non-hydrogen) atoms. The summed E-state index contributed by atoms with van der Waals surface area (Å²) in [5.74, 6) is -0.183. The Hall–Kier alpha value is -0.610. The van der Waals surface area contributed by atoms with Crippen molar-refractivity contribution >= 4 is 5.91 Å². The van der Waals surface area contributed by atoms with Crippen LogP contribution in [0.5, 0.6) is 0 Å². The van der Waals surface area contributed by atoms with E-state index >= 15 is 0 Å². The molecule has 1 amide bonds. The number of rotatable bonds is 2. The normalized spacial score (nSPS) is 14.1. The lowest BCUT2D eigenvalue weighted by atomic mass is 9.95. The fourth-order valence-electron chi connectivity index (χ4n) is 1.43. The first kappa shape index (κ1) is 15.4. The van der Waals surface area contributed by atoms with Crippen LogP contribution < -0.4 is 5.32 Å². The molecule has 0 fully saturated rings. The van der Waals surface area contributed by atoms with Crippen LogP contribution in [-0.2, 0) is 4.79 Å². The highest BCUT2D eigenvalue weighted by Crippen LogP contribution is 2.23. The van der Waals surface area contributed by atoms with Crippen molar-refractivity contribution in [3.8, 4) is 0 Å². The van der Waals surface area contributed by atoms with Crippen LogP contribution >= 0.6 is 0 Å². The van der Waals surface area contributed by atoms with Crippen molar-refractivity contribution in [3.05, 3.63) is 0 Å². The van der Waals surface area contributed by atoms with Crippen LogP contribution in [0.1, 0.15) is 55.4 Å². The Morgan fingerprint density at radius 1 is 1.00 bits per heavy atom. The highest BCUT2D eigenvalue weighted by molar-refractivity contribution is 5.85. The molecule has 0 aliphatic rings. The van der Waals surface area contributed by atoms with E-state index in [0.717, 1.165) is 5.06 Å². The fourth-order valence-corrected chi connectivity index (χ4v) is 1.43. The second-order valence-corrected chi connectivity index (χ2v) is 6.75. The molecule has 0 saturated carbocycles. The monoisotopic (exact) mass is 230 g/mol. The molecule has 0 aromatic rings. The molecule has 0 spiro atoms. The van der Waals surface area contributed by atoms with Crippen molar-refractivity contribution in [2.75, 3.05) is 0 Å². The zero-order valence-electron chi connectivity index (χ0n) is 11.8. The van der Waals surface area contributed by atoms with Crippen LogP contribution in [0.25, 0.3) is 0 Å². The maximum atomic E-state index is 12.1. The Bertz CT molecular complexity index is 259. The van der Waals surface area contributed by atoms with Gasteiger partial charge >= 0.3 is 0 Å². The summed E-state index contributed by atoms with van der Waals surface area (Å²) in [6.07, 6.45) is 0. The number of amides is 1. The summed E-state index contributed by atoms with van der Waals surface area (Å²) in [6, 6.07) is 0. The molecule has 0 atom stereocenters. The Kier molecular flexibility index (Phi) is 4.17. The van der Waals surface area contributed by atoms with Crippen molar-refractivity contribution in [1.29, 1.82) is 0 Å². The first-order chi connectivity index (χ1) is 6.78. The second-order valence-electron chi connectivity index (χ2n) is 6.75. The van der Waals surface area contributed by atoms with Gasteiger partial charge in [-0.2, -0.15) is 5.06 Å². The van der Waals surface area contributed by atoms with Gasteiger partial charge in [-0.15, -0.1) is 0 Å². The van der Waals surface area contributed by atoms with E-state index in [1.807, 2.05) is 41.5 Å². The molecule has 0 aliphatic carbocycles. The van der Waals surface area contributed by atoms with E-state index in [1.165, 1.54) is 0 Å². The van der Waals surface area contributed by atoms with Gasteiger partial charge in [0.05, 0.1) is 0 Å². The molecule has 0 unspecified atom stereocenters. The van der Waals surface area contributed by atoms with E-state index in [4.69, 9.17) is 0 Å². The summed E-state index contributed by atoms with van der Waals surface area (Å²) in [5, 5.41) is 14.0. The minimum atomic E-state index is -0.953. The van der Waals surface area contributed by atoms with Gasteiger partial charge in [0, 0.05) is 11.1 Å². The van der Waals surface area contributed by atoms with Crippen LogP contribution in [0.3, 0.4) is 0 Å². The van der Waals surface area contributed by atoms with Gasteiger partial charge in [0.15, 0.2) is 0 Å². The molecule has 0 radical (unpaired) electrons. The standard InChI is InChI=1S/C12H26N2O2/c1-10(2,3)13-9(15)12(7,8)14(16)11(4,5)6/h16H,1-8H3,(H,13,15). The smallest absolute Gasteiger partial charge is 0.242 e. The van der Waals surface area contributed by atoms with Crippen molar-refractivity contribution in [1.82, 2.24) is 10.4 Å². The molecule has 0 aromatic heterocycles. The Labute approximate surface area is 99.0 Å². The van der Waals surface area contributed by atoms with Crippen LogP contribution in [-0.4, -0.2) is 32.8 Å². The Balaban J connectivity index is 4.86. The zero-order valence-corrected chi connectivity index (χ0v) is 11.8. The summed E-state index contributed by atoms with van der Waals surface area (Å²) in [5.41, 5.74) is -1.72. The van der Waals surface area contributed by atoms with Crippen LogP contribution in [0.15, 0.2) is 0 Å². The predicted molar refractivity (Wildman–Crippen MR) is 65.4 cm³/mol. The number of hydrogen-bond donors (Lipinski definition) is 2. The van der Waals surface area contributed by atoms with E-state index < -0.39 is 11.1 Å². The number of carbonyl (C=O) groups excluding carboxylic acids is 1. The third-order valence-corrected chi connectivity index (χ3v) is 2.21. The first-order valence-corrected chi connectivity index (χ1v) is 5.60. The second kappa shape index (κ2) is 4.34. The maximum Gasteiger partial charge on any atom is 0.242 e. The van der Waals surface area contributed by atoms with Crippen LogP contribution in [0, 0.1) is 0 Å². The lowest BCUT2D eigenvalue weighted by molar-refractivity contribution is -0.217. The van der Waals surface area contributed by atoms with Crippen molar-refractivity contribution in [3.63, 3.8) is 0 Å².